The van der Waals surface area contributed by atoms with Gasteiger partial charge in [0.15, 0.2) is 0 Å². The van der Waals surface area contributed by atoms with Crippen LogP contribution < -0.4 is 5.32 Å². The van der Waals surface area contributed by atoms with Gasteiger partial charge in [0.25, 0.3) is 0 Å². The van der Waals surface area contributed by atoms with Crippen LogP contribution in [0.1, 0.15) is 18.5 Å². The van der Waals surface area contributed by atoms with Crippen molar-refractivity contribution < 1.29 is 4.39 Å². The van der Waals surface area contributed by atoms with Gasteiger partial charge in [0.2, 0.25) is 0 Å². The first-order valence-corrected chi connectivity index (χ1v) is 6.78. The summed E-state index contributed by atoms with van der Waals surface area (Å²) in [5.41, 5.74) is 1.59. The van der Waals surface area contributed by atoms with Gasteiger partial charge in [-0.3, -0.25) is 0 Å². The standard InChI is InChI=1S/C14H11Cl3FN/c1-8(9-5-6-12(18)11(16)7-9)19-13-4-2-3-10(15)14(13)17/h2-8,19H,1H3. The number of halogens is 4. The van der Waals surface area contributed by atoms with Crippen molar-refractivity contribution in [3.8, 4) is 0 Å². The van der Waals surface area contributed by atoms with Crippen molar-refractivity contribution in [3.05, 3.63) is 62.8 Å². The quantitative estimate of drug-likeness (QED) is 0.736. The molecule has 0 fully saturated rings. The van der Waals surface area contributed by atoms with Crippen molar-refractivity contribution in [2.75, 3.05) is 5.32 Å². The minimum atomic E-state index is -0.432. The van der Waals surface area contributed by atoms with Gasteiger partial charge in [0.1, 0.15) is 5.82 Å². The van der Waals surface area contributed by atoms with E-state index in [0.29, 0.717) is 10.0 Å². The number of hydrogen-bond acceptors (Lipinski definition) is 1. The number of anilines is 1. The Hall–Kier alpha value is -0.960. The maximum absolute atomic E-state index is 13.1. The summed E-state index contributed by atoms with van der Waals surface area (Å²) < 4.78 is 13.1. The Labute approximate surface area is 126 Å². The predicted molar refractivity (Wildman–Crippen MR) is 79.9 cm³/mol. The summed E-state index contributed by atoms with van der Waals surface area (Å²) >= 11 is 17.8. The molecule has 1 N–H and O–H groups in total. The van der Waals surface area contributed by atoms with Crippen molar-refractivity contribution in [2.24, 2.45) is 0 Å². The first-order valence-electron chi connectivity index (χ1n) is 5.64. The van der Waals surface area contributed by atoms with Gasteiger partial charge in [0, 0.05) is 6.04 Å². The smallest absolute Gasteiger partial charge is 0.141 e. The minimum Gasteiger partial charge on any atom is -0.377 e. The van der Waals surface area contributed by atoms with E-state index in [9.17, 15) is 4.39 Å². The third-order valence-corrected chi connectivity index (χ3v) is 3.88. The fourth-order valence-corrected chi connectivity index (χ4v) is 2.26. The first-order chi connectivity index (χ1) is 8.99. The number of hydrogen-bond donors (Lipinski definition) is 1. The summed E-state index contributed by atoms with van der Waals surface area (Å²) in [6.45, 7) is 1.93. The van der Waals surface area contributed by atoms with Crippen LogP contribution in [0, 0.1) is 5.82 Å². The van der Waals surface area contributed by atoms with Crippen LogP contribution in [0.15, 0.2) is 36.4 Å². The van der Waals surface area contributed by atoms with E-state index in [0.717, 1.165) is 11.3 Å². The lowest BCUT2D eigenvalue weighted by molar-refractivity contribution is 0.627. The average molecular weight is 319 g/mol. The summed E-state index contributed by atoms with van der Waals surface area (Å²) in [5.74, 6) is -0.432. The molecule has 0 saturated heterocycles. The second-order valence-electron chi connectivity index (χ2n) is 4.14. The van der Waals surface area contributed by atoms with E-state index < -0.39 is 5.82 Å². The molecular weight excluding hydrogens is 308 g/mol. The lowest BCUT2D eigenvalue weighted by atomic mass is 10.1. The zero-order valence-electron chi connectivity index (χ0n) is 10.1. The molecule has 1 atom stereocenters. The van der Waals surface area contributed by atoms with E-state index in [1.54, 1.807) is 24.3 Å². The lowest BCUT2D eigenvalue weighted by Gasteiger charge is -2.17. The molecule has 0 aliphatic carbocycles. The fourth-order valence-electron chi connectivity index (χ4n) is 1.71. The van der Waals surface area contributed by atoms with Crippen molar-refractivity contribution in [1.29, 1.82) is 0 Å². The van der Waals surface area contributed by atoms with Crippen LogP contribution in [0.25, 0.3) is 0 Å². The average Bonchev–Trinajstić information content (AvgIpc) is 2.38. The van der Waals surface area contributed by atoms with Crippen LogP contribution in [-0.4, -0.2) is 0 Å². The summed E-state index contributed by atoms with van der Waals surface area (Å²) in [5, 5.41) is 4.26. The van der Waals surface area contributed by atoms with Gasteiger partial charge in [-0.1, -0.05) is 46.9 Å². The topological polar surface area (TPSA) is 12.0 Å². The molecular formula is C14H11Cl3FN. The van der Waals surface area contributed by atoms with Crippen molar-refractivity contribution in [3.63, 3.8) is 0 Å². The van der Waals surface area contributed by atoms with Crippen molar-refractivity contribution >= 4 is 40.5 Å². The molecule has 2 rings (SSSR count). The van der Waals surface area contributed by atoms with Crippen LogP contribution >= 0.6 is 34.8 Å². The Bertz CT molecular complexity index is 601. The molecule has 5 heteroatoms. The van der Waals surface area contributed by atoms with E-state index in [1.165, 1.54) is 6.07 Å². The molecule has 1 nitrogen and oxygen atoms in total. The summed E-state index contributed by atoms with van der Waals surface area (Å²) in [6.07, 6.45) is 0. The molecule has 0 heterocycles. The molecule has 0 bridgehead atoms. The molecule has 100 valence electrons. The first kappa shape index (κ1) is 14.4. The van der Waals surface area contributed by atoms with E-state index in [4.69, 9.17) is 34.8 Å². The molecule has 0 radical (unpaired) electrons. The largest absolute Gasteiger partial charge is 0.377 e. The molecule has 1 unspecified atom stereocenters. The maximum Gasteiger partial charge on any atom is 0.141 e. The highest BCUT2D eigenvalue weighted by molar-refractivity contribution is 6.43. The second kappa shape index (κ2) is 6.00. The Balaban J connectivity index is 2.23. The zero-order valence-corrected chi connectivity index (χ0v) is 12.3. The zero-order chi connectivity index (χ0) is 14.0. The lowest BCUT2D eigenvalue weighted by Crippen LogP contribution is -2.07. The number of benzene rings is 2. The predicted octanol–water partition coefficient (Wildman–Crippen LogP) is 5.96. The van der Waals surface area contributed by atoms with Crippen LogP contribution in [-0.2, 0) is 0 Å². The van der Waals surface area contributed by atoms with Crippen molar-refractivity contribution in [1.82, 2.24) is 0 Å². The highest BCUT2D eigenvalue weighted by atomic mass is 35.5. The fraction of sp³-hybridized carbons (Fsp3) is 0.143. The number of rotatable bonds is 3. The van der Waals surface area contributed by atoms with Gasteiger partial charge >= 0.3 is 0 Å². The van der Waals surface area contributed by atoms with E-state index in [-0.39, 0.29) is 11.1 Å². The van der Waals surface area contributed by atoms with Gasteiger partial charge < -0.3 is 5.32 Å². The Morgan fingerprint density at radius 2 is 1.79 bits per heavy atom. The molecule has 0 spiro atoms. The van der Waals surface area contributed by atoms with Gasteiger partial charge in [-0.25, -0.2) is 4.39 Å². The van der Waals surface area contributed by atoms with E-state index in [2.05, 4.69) is 5.32 Å². The maximum atomic E-state index is 13.1. The summed E-state index contributed by atoms with van der Waals surface area (Å²) in [7, 11) is 0. The highest BCUT2D eigenvalue weighted by Crippen LogP contribution is 2.32. The molecule has 0 aliphatic rings. The second-order valence-corrected chi connectivity index (χ2v) is 5.33. The molecule has 0 aliphatic heterocycles. The normalized spacial score (nSPS) is 12.3. The van der Waals surface area contributed by atoms with E-state index in [1.807, 2.05) is 13.0 Å². The molecule has 19 heavy (non-hydrogen) atoms. The number of nitrogens with one attached hydrogen (secondary N) is 1. The summed E-state index contributed by atoms with van der Waals surface area (Å²) in [4.78, 5) is 0. The molecule has 2 aromatic carbocycles. The van der Waals surface area contributed by atoms with Crippen LogP contribution in [0.2, 0.25) is 15.1 Å². The van der Waals surface area contributed by atoms with Gasteiger partial charge in [-0.15, -0.1) is 0 Å². The minimum absolute atomic E-state index is 0.0749. The Kier molecular flexibility index (Phi) is 4.56. The SMILES string of the molecule is CC(Nc1cccc(Cl)c1Cl)c1ccc(F)c(Cl)c1. The van der Waals surface area contributed by atoms with Gasteiger partial charge in [-0.2, -0.15) is 0 Å². The van der Waals surface area contributed by atoms with Crippen LogP contribution in [0.5, 0.6) is 0 Å². The van der Waals surface area contributed by atoms with Crippen molar-refractivity contribution in [2.45, 2.75) is 13.0 Å². The van der Waals surface area contributed by atoms with E-state index >= 15 is 0 Å². The van der Waals surface area contributed by atoms with Gasteiger partial charge in [0.05, 0.1) is 20.8 Å². The highest BCUT2D eigenvalue weighted by Gasteiger charge is 2.11. The molecule has 0 saturated carbocycles. The van der Waals surface area contributed by atoms with Crippen LogP contribution in [0.4, 0.5) is 10.1 Å². The molecule has 0 aromatic heterocycles. The van der Waals surface area contributed by atoms with Crippen LogP contribution in [0.3, 0.4) is 0 Å². The molecule has 2 aromatic rings. The van der Waals surface area contributed by atoms with Gasteiger partial charge in [-0.05, 0) is 36.8 Å². The summed E-state index contributed by atoms with van der Waals surface area (Å²) in [6, 6.07) is 9.89. The third-order valence-electron chi connectivity index (χ3n) is 2.77. The monoisotopic (exact) mass is 317 g/mol. The Morgan fingerprint density at radius 3 is 2.47 bits per heavy atom. The Morgan fingerprint density at radius 1 is 1.05 bits per heavy atom. The third kappa shape index (κ3) is 3.33. The molecule has 0 amide bonds.